The van der Waals surface area contributed by atoms with E-state index in [1.165, 1.54) is 22.7 Å². The van der Waals surface area contributed by atoms with Gasteiger partial charge in [0, 0.05) is 22.1 Å². The average molecular weight is 461 g/mol. The summed E-state index contributed by atoms with van der Waals surface area (Å²) in [6, 6.07) is 14.3. The van der Waals surface area contributed by atoms with Crippen LogP contribution in [0.2, 0.25) is 0 Å². The molecular formula is C24H16N2O4S2. The van der Waals surface area contributed by atoms with Gasteiger partial charge in [-0.05, 0) is 71.8 Å². The van der Waals surface area contributed by atoms with Crippen molar-refractivity contribution in [3.05, 3.63) is 91.6 Å². The molecule has 0 aromatic carbocycles. The van der Waals surface area contributed by atoms with Gasteiger partial charge in [0.25, 0.3) is 0 Å². The molecule has 6 nitrogen and oxygen atoms in total. The van der Waals surface area contributed by atoms with Crippen LogP contribution in [0.25, 0.3) is 35.7 Å². The van der Waals surface area contributed by atoms with Crippen molar-refractivity contribution in [3.63, 3.8) is 0 Å². The van der Waals surface area contributed by atoms with Gasteiger partial charge >= 0.3 is 11.9 Å². The van der Waals surface area contributed by atoms with Crippen LogP contribution in [-0.2, 0) is 0 Å². The zero-order chi connectivity index (χ0) is 22.5. The van der Waals surface area contributed by atoms with Crippen LogP contribution in [0.1, 0.15) is 40.2 Å². The summed E-state index contributed by atoms with van der Waals surface area (Å²) in [5.74, 6) is -1.86. The minimum absolute atomic E-state index is 0.302. The number of hydrogen-bond acceptors (Lipinski definition) is 6. The lowest BCUT2D eigenvalue weighted by Crippen LogP contribution is -1.89. The van der Waals surface area contributed by atoms with E-state index in [-0.39, 0.29) is 0 Å². The summed E-state index contributed by atoms with van der Waals surface area (Å²) < 4.78 is 0. The molecule has 4 aromatic heterocycles. The topological polar surface area (TPSA) is 100 Å². The zero-order valence-corrected chi connectivity index (χ0v) is 18.1. The van der Waals surface area contributed by atoms with E-state index < -0.39 is 11.9 Å². The molecule has 0 fully saturated rings. The summed E-state index contributed by atoms with van der Waals surface area (Å²) >= 11 is 2.43. The molecule has 0 atom stereocenters. The van der Waals surface area contributed by atoms with Crippen LogP contribution in [-0.4, -0.2) is 32.1 Å². The summed E-state index contributed by atoms with van der Waals surface area (Å²) in [5.41, 5.74) is 3.26. The number of rotatable bonds is 7. The third kappa shape index (κ3) is 5.23. The Hall–Kier alpha value is -3.88. The minimum Gasteiger partial charge on any atom is -0.477 e. The maximum atomic E-state index is 11.0. The highest BCUT2D eigenvalue weighted by molar-refractivity contribution is 7.15. The molecule has 0 saturated heterocycles. The molecule has 0 bridgehead atoms. The van der Waals surface area contributed by atoms with E-state index in [9.17, 15) is 9.59 Å². The molecule has 0 radical (unpaired) electrons. The Morgan fingerprint density at radius 3 is 1.47 bits per heavy atom. The molecular weight excluding hydrogens is 444 g/mol. The second-order valence-electron chi connectivity index (χ2n) is 6.63. The lowest BCUT2D eigenvalue weighted by atomic mass is 10.1. The molecule has 158 valence electrons. The molecule has 2 N–H and O–H groups in total. The quantitative estimate of drug-likeness (QED) is 0.351. The van der Waals surface area contributed by atoms with E-state index in [2.05, 4.69) is 9.97 Å². The number of hydrogen-bond donors (Lipinski definition) is 2. The Balaban J connectivity index is 1.52. The molecule has 0 aliphatic carbocycles. The summed E-state index contributed by atoms with van der Waals surface area (Å²) in [6.45, 7) is 0. The fourth-order valence-electron chi connectivity index (χ4n) is 2.85. The lowest BCUT2D eigenvalue weighted by molar-refractivity contribution is 0.0691. The number of carboxylic acids is 2. The Bertz CT molecular complexity index is 1250. The van der Waals surface area contributed by atoms with Gasteiger partial charge in [-0.25, -0.2) is 9.59 Å². The van der Waals surface area contributed by atoms with Gasteiger partial charge < -0.3 is 10.2 Å². The Labute approximate surface area is 191 Å². The van der Waals surface area contributed by atoms with Crippen LogP contribution in [0.3, 0.4) is 0 Å². The normalized spacial score (nSPS) is 11.4. The van der Waals surface area contributed by atoms with E-state index in [1.54, 1.807) is 36.7 Å². The SMILES string of the molecule is O=C(O)c1ccc(C=Cc2ccnc(-c3cc(C=Cc4ccc(C(=O)O)s4)ccn3)c2)s1. The summed E-state index contributed by atoms with van der Waals surface area (Å²) in [5, 5.41) is 18.1. The monoisotopic (exact) mass is 460 g/mol. The van der Waals surface area contributed by atoms with Gasteiger partial charge in [-0.15, -0.1) is 22.7 Å². The van der Waals surface area contributed by atoms with E-state index in [0.29, 0.717) is 21.1 Å². The molecule has 4 heterocycles. The van der Waals surface area contributed by atoms with Crippen molar-refractivity contribution < 1.29 is 19.8 Å². The number of carbonyl (C=O) groups is 2. The fraction of sp³-hybridized carbons (Fsp3) is 0. The van der Waals surface area contributed by atoms with Crippen molar-refractivity contribution in [3.8, 4) is 11.4 Å². The van der Waals surface area contributed by atoms with E-state index >= 15 is 0 Å². The summed E-state index contributed by atoms with van der Waals surface area (Å²) in [4.78, 5) is 33.2. The van der Waals surface area contributed by atoms with Crippen LogP contribution in [0.15, 0.2) is 60.9 Å². The first-order chi connectivity index (χ1) is 15.5. The first-order valence-electron chi connectivity index (χ1n) is 9.43. The van der Waals surface area contributed by atoms with Crippen LogP contribution in [0.4, 0.5) is 0 Å². The Morgan fingerprint density at radius 1 is 0.656 bits per heavy atom. The van der Waals surface area contributed by atoms with Gasteiger partial charge in [0.2, 0.25) is 0 Å². The molecule has 0 unspecified atom stereocenters. The van der Waals surface area contributed by atoms with E-state index in [0.717, 1.165) is 20.9 Å². The van der Waals surface area contributed by atoms with Crippen LogP contribution in [0, 0.1) is 0 Å². The molecule has 4 aromatic rings. The van der Waals surface area contributed by atoms with Crippen LogP contribution in [0.5, 0.6) is 0 Å². The molecule has 4 rings (SSSR count). The van der Waals surface area contributed by atoms with Crippen molar-refractivity contribution in [2.45, 2.75) is 0 Å². The largest absolute Gasteiger partial charge is 0.477 e. The number of aromatic nitrogens is 2. The minimum atomic E-state index is -0.928. The smallest absolute Gasteiger partial charge is 0.345 e. The maximum absolute atomic E-state index is 11.0. The Morgan fingerprint density at radius 2 is 1.09 bits per heavy atom. The second kappa shape index (κ2) is 9.51. The first-order valence-corrected chi connectivity index (χ1v) is 11.1. The maximum Gasteiger partial charge on any atom is 0.345 e. The van der Waals surface area contributed by atoms with Crippen LogP contribution >= 0.6 is 22.7 Å². The van der Waals surface area contributed by atoms with Crippen LogP contribution < -0.4 is 0 Å². The van der Waals surface area contributed by atoms with Crippen molar-refractivity contribution in [1.29, 1.82) is 0 Å². The lowest BCUT2D eigenvalue weighted by Gasteiger charge is -2.03. The highest BCUT2D eigenvalue weighted by Gasteiger charge is 2.07. The number of aromatic carboxylic acids is 2. The van der Waals surface area contributed by atoms with Gasteiger partial charge in [-0.2, -0.15) is 0 Å². The number of thiophene rings is 2. The molecule has 0 spiro atoms. The molecule has 32 heavy (non-hydrogen) atoms. The van der Waals surface area contributed by atoms with Gasteiger partial charge in [0.1, 0.15) is 9.75 Å². The molecule has 0 saturated carbocycles. The first kappa shape index (κ1) is 21.4. The third-order valence-corrected chi connectivity index (χ3v) is 6.46. The van der Waals surface area contributed by atoms with E-state index in [4.69, 9.17) is 10.2 Å². The van der Waals surface area contributed by atoms with Crippen molar-refractivity contribution in [2.75, 3.05) is 0 Å². The molecule has 0 amide bonds. The third-order valence-electron chi connectivity index (χ3n) is 4.39. The van der Waals surface area contributed by atoms with Crippen molar-refractivity contribution in [2.24, 2.45) is 0 Å². The molecule has 8 heteroatoms. The van der Waals surface area contributed by atoms with Crippen molar-refractivity contribution in [1.82, 2.24) is 9.97 Å². The number of carboxylic acid groups (broad SMARTS) is 2. The average Bonchev–Trinajstić information content (AvgIpc) is 3.47. The number of nitrogens with zero attached hydrogens (tertiary/aromatic N) is 2. The second-order valence-corrected chi connectivity index (χ2v) is 8.86. The highest BCUT2D eigenvalue weighted by Crippen LogP contribution is 2.23. The standard InChI is InChI=1S/C24H16N2O4S2/c27-23(28)21-7-5-17(31-21)3-1-15-9-11-25-19(13-15)20-14-16(10-12-26-20)2-4-18-6-8-22(32-18)24(29)30/h1-14H,(H,27,28)(H,29,30). The fourth-order valence-corrected chi connectivity index (χ4v) is 4.35. The highest BCUT2D eigenvalue weighted by atomic mass is 32.1. The summed E-state index contributed by atoms with van der Waals surface area (Å²) in [7, 11) is 0. The zero-order valence-electron chi connectivity index (χ0n) is 16.5. The van der Waals surface area contributed by atoms with Gasteiger partial charge in [-0.3, -0.25) is 9.97 Å². The predicted octanol–water partition coefficient (Wildman–Crippen LogP) is 6.00. The van der Waals surface area contributed by atoms with Crippen molar-refractivity contribution >= 4 is 58.9 Å². The molecule has 0 aliphatic rings. The van der Waals surface area contributed by atoms with Gasteiger partial charge in [0.05, 0.1) is 11.4 Å². The van der Waals surface area contributed by atoms with Gasteiger partial charge in [-0.1, -0.05) is 12.2 Å². The molecule has 0 aliphatic heterocycles. The van der Waals surface area contributed by atoms with E-state index in [1.807, 2.05) is 48.6 Å². The predicted molar refractivity (Wildman–Crippen MR) is 128 cm³/mol. The number of pyridine rings is 2. The van der Waals surface area contributed by atoms with Gasteiger partial charge in [0.15, 0.2) is 0 Å². The summed E-state index contributed by atoms with van der Waals surface area (Å²) in [6.07, 6.45) is 11.0. The Kier molecular flexibility index (Phi) is 6.34.